The molecule has 0 atom stereocenters. The van der Waals surface area contributed by atoms with Crippen LogP contribution in [0.2, 0.25) is 5.02 Å². The Labute approximate surface area is 110 Å². The molecule has 0 aliphatic rings. The van der Waals surface area contributed by atoms with Crippen LogP contribution in [0.1, 0.15) is 27.0 Å². The van der Waals surface area contributed by atoms with Crippen LogP contribution in [-0.4, -0.2) is 5.78 Å². The van der Waals surface area contributed by atoms with Crippen LogP contribution >= 0.6 is 11.6 Å². The molecule has 0 spiro atoms. The Bertz CT molecular complexity index is 620. The van der Waals surface area contributed by atoms with E-state index in [1.54, 1.807) is 18.2 Å². The minimum atomic E-state index is -0.413. The van der Waals surface area contributed by atoms with Gasteiger partial charge in [-0.25, -0.2) is 4.39 Å². The van der Waals surface area contributed by atoms with Crippen molar-refractivity contribution in [3.8, 4) is 0 Å². The molecule has 0 aliphatic carbocycles. The summed E-state index contributed by atoms with van der Waals surface area (Å²) < 4.78 is 13.1. The van der Waals surface area contributed by atoms with Crippen molar-refractivity contribution in [1.29, 1.82) is 0 Å². The van der Waals surface area contributed by atoms with Crippen LogP contribution < -0.4 is 0 Å². The first-order valence-electron chi connectivity index (χ1n) is 5.56. The summed E-state index contributed by atoms with van der Waals surface area (Å²) in [7, 11) is 0. The van der Waals surface area contributed by atoms with E-state index in [0.29, 0.717) is 16.1 Å². The highest BCUT2D eigenvalue weighted by molar-refractivity contribution is 6.31. The Morgan fingerprint density at radius 2 is 1.83 bits per heavy atom. The maximum Gasteiger partial charge on any atom is 0.193 e. The van der Waals surface area contributed by atoms with Gasteiger partial charge in [0.25, 0.3) is 0 Å². The van der Waals surface area contributed by atoms with E-state index in [4.69, 9.17) is 11.6 Å². The maximum atomic E-state index is 13.1. The minimum Gasteiger partial charge on any atom is -0.289 e. The monoisotopic (exact) mass is 262 g/mol. The number of carbonyl (C=O) groups excluding carboxylic acids is 1. The van der Waals surface area contributed by atoms with Crippen molar-refractivity contribution < 1.29 is 9.18 Å². The van der Waals surface area contributed by atoms with E-state index in [9.17, 15) is 9.18 Å². The van der Waals surface area contributed by atoms with Crippen molar-refractivity contribution in [3.05, 3.63) is 69.5 Å². The zero-order valence-corrected chi connectivity index (χ0v) is 10.9. The Kier molecular flexibility index (Phi) is 3.48. The summed E-state index contributed by atoms with van der Waals surface area (Å²) in [6.45, 7) is 3.65. The fraction of sp³-hybridized carbons (Fsp3) is 0.133. The first-order valence-corrected chi connectivity index (χ1v) is 5.94. The Balaban J connectivity index is 2.49. The molecule has 0 amide bonds. The van der Waals surface area contributed by atoms with Crippen LogP contribution in [0.4, 0.5) is 4.39 Å². The Morgan fingerprint density at radius 1 is 1.11 bits per heavy atom. The molecular weight excluding hydrogens is 251 g/mol. The minimum absolute atomic E-state index is 0.188. The molecule has 3 heteroatoms. The van der Waals surface area contributed by atoms with Crippen molar-refractivity contribution in [2.24, 2.45) is 0 Å². The number of hydrogen-bond acceptors (Lipinski definition) is 1. The van der Waals surface area contributed by atoms with E-state index in [1.807, 2.05) is 13.8 Å². The third-order valence-corrected chi connectivity index (χ3v) is 3.24. The lowest BCUT2D eigenvalue weighted by Crippen LogP contribution is -2.04. The molecule has 1 nitrogen and oxygen atoms in total. The third-order valence-electron chi connectivity index (χ3n) is 2.84. The van der Waals surface area contributed by atoms with Crippen LogP contribution in [-0.2, 0) is 0 Å². The van der Waals surface area contributed by atoms with Gasteiger partial charge in [0.05, 0.1) is 0 Å². The Morgan fingerprint density at radius 3 is 2.50 bits per heavy atom. The summed E-state index contributed by atoms with van der Waals surface area (Å²) in [6, 6.07) is 9.19. The molecule has 2 aromatic carbocycles. The highest BCUT2D eigenvalue weighted by atomic mass is 35.5. The van der Waals surface area contributed by atoms with E-state index < -0.39 is 5.82 Å². The summed E-state index contributed by atoms with van der Waals surface area (Å²) >= 11 is 5.99. The van der Waals surface area contributed by atoms with Gasteiger partial charge >= 0.3 is 0 Å². The molecule has 0 aromatic heterocycles. The molecule has 92 valence electrons. The van der Waals surface area contributed by atoms with Gasteiger partial charge in [-0.1, -0.05) is 23.7 Å². The maximum absolute atomic E-state index is 13.1. The second-order valence-electron chi connectivity index (χ2n) is 4.26. The summed E-state index contributed by atoms with van der Waals surface area (Å²) in [4.78, 5) is 12.3. The van der Waals surface area contributed by atoms with Gasteiger partial charge in [-0.15, -0.1) is 0 Å². The molecule has 0 N–H and O–H groups in total. The molecule has 0 saturated carbocycles. The van der Waals surface area contributed by atoms with Gasteiger partial charge in [-0.3, -0.25) is 4.79 Å². The molecular formula is C15H12ClFO. The van der Waals surface area contributed by atoms with E-state index in [-0.39, 0.29) is 5.78 Å². The van der Waals surface area contributed by atoms with Crippen LogP contribution in [0.25, 0.3) is 0 Å². The molecule has 18 heavy (non-hydrogen) atoms. The zero-order valence-electron chi connectivity index (χ0n) is 10.1. The van der Waals surface area contributed by atoms with Gasteiger partial charge < -0.3 is 0 Å². The van der Waals surface area contributed by atoms with Gasteiger partial charge in [0.15, 0.2) is 5.78 Å². The van der Waals surface area contributed by atoms with Crippen molar-refractivity contribution in [3.63, 3.8) is 0 Å². The van der Waals surface area contributed by atoms with Gasteiger partial charge in [0.1, 0.15) is 5.82 Å². The van der Waals surface area contributed by atoms with Crippen LogP contribution in [0, 0.1) is 19.7 Å². The van der Waals surface area contributed by atoms with Crippen molar-refractivity contribution in [2.45, 2.75) is 13.8 Å². The number of carbonyl (C=O) groups is 1. The lowest BCUT2D eigenvalue weighted by atomic mass is 9.97. The van der Waals surface area contributed by atoms with E-state index >= 15 is 0 Å². The smallest absolute Gasteiger partial charge is 0.193 e. The lowest BCUT2D eigenvalue weighted by Gasteiger charge is -2.08. The predicted molar refractivity (Wildman–Crippen MR) is 70.8 cm³/mol. The number of benzene rings is 2. The van der Waals surface area contributed by atoms with E-state index in [2.05, 4.69) is 0 Å². The molecule has 2 aromatic rings. The topological polar surface area (TPSA) is 17.1 Å². The molecule has 0 fully saturated rings. The molecule has 2 rings (SSSR count). The number of rotatable bonds is 2. The number of hydrogen-bond donors (Lipinski definition) is 0. The van der Waals surface area contributed by atoms with Crippen molar-refractivity contribution in [2.75, 3.05) is 0 Å². The number of halogens is 2. The number of ketones is 1. The highest BCUT2D eigenvalue weighted by Gasteiger charge is 2.13. The highest BCUT2D eigenvalue weighted by Crippen LogP contribution is 2.22. The van der Waals surface area contributed by atoms with Crippen LogP contribution in [0.15, 0.2) is 36.4 Å². The summed E-state index contributed by atoms with van der Waals surface area (Å²) in [6.07, 6.45) is 0. The lowest BCUT2D eigenvalue weighted by molar-refractivity contribution is 0.103. The van der Waals surface area contributed by atoms with Crippen LogP contribution in [0.5, 0.6) is 0 Å². The van der Waals surface area contributed by atoms with E-state index in [1.165, 1.54) is 18.2 Å². The molecule has 0 saturated heterocycles. The largest absolute Gasteiger partial charge is 0.289 e. The van der Waals surface area contributed by atoms with Crippen molar-refractivity contribution in [1.82, 2.24) is 0 Å². The molecule has 0 heterocycles. The van der Waals surface area contributed by atoms with Gasteiger partial charge in [-0.2, -0.15) is 0 Å². The average Bonchev–Trinajstić information content (AvgIpc) is 2.33. The van der Waals surface area contributed by atoms with E-state index in [0.717, 1.165) is 11.1 Å². The Hall–Kier alpha value is -1.67. The predicted octanol–water partition coefficient (Wildman–Crippen LogP) is 4.33. The van der Waals surface area contributed by atoms with Crippen molar-refractivity contribution >= 4 is 17.4 Å². The quantitative estimate of drug-likeness (QED) is 0.737. The summed E-state index contributed by atoms with van der Waals surface area (Å²) in [5, 5.41) is 0.628. The number of aryl methyl sites for hydroxylation is 2. The molecule has 0 bridgehead atoms. The zero-order chi connectivity index (χ0) is 13.3. The van der Waals surface area contributed by atoms with Gasteiger partial charge in [0, 0.05) is 16.1 Å². The molecule has 0 radical (unpaired) electrons. The fourth-order valence-electron chi connectivity index (χ4n) is 1.81. The summed E-state index contributed by atoms with van der Waals surface area (Å²) in [5.74, 6) is -0.601. The SMILES string of the molecule is Cc1cc(C(=O)c2cccc(F)c2)c(C)cc1Cl. The second-order valence-corrected chi connectivity index (χ2v) is 4.66. The molecule has 0 aliphatic heterocycles. The molecule has 0 unspecified atom stereocenters. The third kappa shape index (κ3) is 2.44. The standard InChI is InChI=1S/C15H12ClFO/c1-9-7-14(16)10(2)6-13(9)15(18)11-4-3-5-12(17)8-11/h3-8H,1-2H3. The fourth-order valence-corrected chi connectivity index (χ4v) is 2.03. The van der Waals surface area contributed by atoms with Gasteiger partial charge in [0.2, 0.25) is 0 Å². The second kappa shape index (κ2) is 4.91. The first-order chi connectivity index (χ1) is 8.49. The summed E-state index contributed by atoms with van der Waals surface area (Å²) in [5.41, 5.74) is 2.53. The van der Waals surface area contributed by atoms with Gasteiger partial charge in [-0.05, 0) is 49.2 Å². The average molecular weight is 263 g/mol. The van der Waals surface area contributed by atoms with Crippen LogP contribution in [0.3, 0.4) is 0 Å². The normalized spacial score (nSPS) is 10.4. The first kappa shape index (κ1) is 12.8.